The highest BCUT2D eigenvalue weighted by Crippen LogP contribution is 2.35. The Morgan fingerprint density at radius 1 is 0.930 bits per heavy atom. The van der Waals surface area contributed by atoms with E-state index in [0.29, 0.717) is 13.0 Å². The first kappa shape index (κ1) is 27.1. The second kappa shape index (κ2) is 11.9. The van der Waals surface area contributed by atoms with Crippen molar-refractivity contribution in [2.75, 3.05) is 26.7 Å². The van der Waals surface area contributed by atoms with Crippen LogP contribution in [0.4, 0.5) is 0 Å². The number of hydrazone groups is 1. The first-order valence-corrected chi connectivity index (χ1v) is 15.0. The van der Waals surface area contributed by atoms with Crippen molar-refractivity contribution in [2.45, 2.75) is 31.2 Å². The van der Waals surface area contributed by atoms with Crippen LogP contribution in [-0.4, -0.2) is 58.2 Å². The van der Waals surface area contributed by atoms with Crippen LogP contribution in [0.5, 0.6) is 5.75 Å². The Labute approximate surface area is 251 Å². The Kier molecular flexibility index (Phi) is 7.47. The number of likely N-dealkylation sites (tertiary alicyclic amines) is 1. The van der Waals surface area contributed by atoms with E-state index in [0.717, 1.165) is 65.6 Å². The van der Waals surface area contributed by atoms with Crippen LogP contribution in [0.15, 0.2) is 108 Å². The van der Waals surface area contributed by atoms with Gasteiger partial charge in [0.2, 0.25) is 0 Å². The van der Waals surface area contributed by atoms with E-state index in [9.17, 15) is 4.79 Å². The Hall–Kier alpha value is -4.75. The van der Waals surface area contributed by atoms with Gasteiger partial charge in [0.1, 0.15) is 11.6 Å². The lowest BCUT2D eigenvalue weighted by Crippen LogP contribution is -2.42. The summed E-state index contributed by atoms with van der Waals surface area (Å²) in [6.45, 7) is 2.00. The van der Waals surface area contributed by atoms with E-state index in [2.05, 4.69) is 64.5 Å². The lowest BCUT2D eigenvalue weighted by molar-refractivity contribution is -0.134. The number of nitrogens with one attached hydrogen (secondary N) is 1. The van der Waals surface area contributed by atoms with E-state index in [4.69, 9.17) is 14.8 Å². The molecule has 0 bridgehead atoms. The largest absolute Gasteiger partial charge is 0.497 e. The van der Waals surface area contributed by atoms with Crippen molar-refractivity contribution >= 4 is 22.4 Å². The SMILES string of the molecule is COc1ccc(C2CC(c3ccc4ccccc4c3)=NN2C(=O)CN2CCCC(c3ncc(-c4ccccc4)[nH]3)C2)cc1. The summed E-state index contributed by atoms with van der Waals surface area (Å²) in [5, 5.41) is 9.05. The van der Waals surface area contributed by atoms with Gasteiger partial charge in [-0.2, -0.15) is 5.10 Å². The van der Waals surface area contributed by atoms with Gasteiger partial charge >= 0.3 is 0 Å². The third-order valence-electron chi connectivity index (χ3n) is 8.68. The number of ether oxygens (including phenoxy) is 1. The molecule has 1 amide bonds. The summed E-state index contributed by atoms with van der Waals surface area (Å²) in [6, 6.07) is 32.8. The number of hydrogen-bond acceptors (Lipinski definition) is 5. The second-order valence-corrected chi connectivity index (χ2v) is 11.5. The molecular weight excluding hydrogens is 534 g/mol. The Morgan fingerprint density at radius 3 is 2.53 bits per heavy atom. The molecule has 1 N–H and O–H groups in total. The molecule has 1 saturated heterocycles. The molecule has 4 aromatic carbocycles. The summed E-state index contributed by atoms with van der Waals surface area (Å²) in [7, 11) is 1.67. The monoisotopic (exact) mass is 569 g/mol. The first-order valence-electron chi connectivity index (χ1n) is 15.0. The van der Waals surface area contributed by atoms with Gasteiger partial charge in [0.25, 0.3) is 5.91 Å². The number of hydrogen-bond donors (Lipinski definition) is 1. The normalized spacial score (nSPS) is 19.0. The van der Waals surface area contributed by atoms with Gasteiger partial charge < -0.3 is 9.72 Å². The molecule has 2 aliphatic rings. The number of benzene rings is 4. The fourth-order valence-corrected chi connectivity index (χ4v) is 6.36. The third-order valence-corrected chi connectivity index (χ3v) is 8.68. The van der Waals surface area contributed by atoms with E-state index in [1.54, 1.807) is 12.1 Å². The predicted octanol–water partition coefficient (Wildman–Crippen LogP) is 6.80. The Balaban J connectivity index is 1.11. The zero-order chi connectivity index (χ0) is 29.2. The molecule has 216 valence electrons. The number of carbonyl (C=O) groups is 1. The number of H-pyrrole nitrogens is 1. The van der Waals surface area contributed by atoms with Crippen molar-refractivity contribution in [2.24, 2.45) is 5.10 Å². The molecule has 7 rings (SSSR count). The van der Waals surface area contributed by atoms with Crippen molar-refractivity contribution in [3.8, 4) is 17.0 Å². The van der Waals surface area contributed by atoms with Crippen LogP contribution in [-0.2, 0) is 4.79 Å². The lowest BCUT2D eigenvalue weighted by atomic mass is 9.96. The Morgan fingerprint density at radius 2 is 1.72 bits per heavy atom. The van der Waals surface area contributed by atoms with Gasteiger partial charge in [0.15, 0.2) is 0 Å². The van der Waals surface area contributed by atoms with Gasteiger partial charge in [-0.25, -0.2) is 9.99 Å². The molecule has 2 atom stereocenters. The van der Waals surface area contributed by atoms with Crippen molar-refractivity contribution in [3.63, 3.8) is 0 Å². The Bertz CT molecular complexity index is 1760. The number of fused-ring (bicyclic) bond motifs is 1. The van der Waals surface area contributed by atoms with Crippen LogP contribution in [0.2, 0.25) is 0 Å². The number of carbonyl (C=O) groups excluding carboxylic acids is 1. The number of aromatic nitrogens is 2. The highest BCUT2D eigenvalue weighted by atomic mass is 16.5. The molecule has 0 spiro atoms. The smallest absolute Gasteiger partial charge is 0.257 e. The molecular formula is C36H35N5O2. The average molecular weight is 570 g/mol. The first-order chi connectivity index (χ1) is 21.1. The van der Waals surface area contributed by atoms with Gasteiger partial charge in [0.05, 0.1) is 37.3 Å². The van der Waals surface area contributed by atoms with Crippen LogP contribution in [0.1, 0.15) is 48.2 Å². The number of methoxy groups -OCH3 is 1. The summed E-state index contributed by atoms with van der Waals surface area (Å²) in [6.07, 6.45) is 4.65. The highest BCUT2D eigenvalue weighted by molar-refractivity contribution is 6.05. The maximum absolute atomic E-state index is 14.0. The van der Waals surface area contributed by atoms with Gasteiger partial charge in [-0.1, -0.05) is 78.9 Å². The van der Waals surface area contributed by atoms with E-state index >= 15 is 0 Å². The van der Waals surface area contributed by atoms with E-state index in [1.807, 2.05) is 48.7 Å². The zero-order valence-corrected chi connectivity index (χ0v) is 24.3. The van der Waals surface area contributed by atoms with Gasteiger partial charge in [0, 0.05) is 18.9 Å². The minimum Gasteiger partial charge on any atom is -0.497 e. The summed E-state index contributed by atoms with van der Waals surface area (Å²) in [5.41, 5.74) is 5.19. The molecule has 7 nitrogen and oxygen atoms in total. The minimum atomic E-state index is -0.168. The number of imidazole rings is 1. The molecule has 0 radical (unpaired) electrons. The van der Waals surface area contributed by atoms with E-state index in [1.165, 1.54) is 10.8 Å². The summed E-state index contributed by atoms with van der Waals surface area (Å²) in [4.78, 5) is 24.5. The number of rotatable bonds is 7. The van der Waals surface area contributed by atoms with Crippen molar-refractivity contribution in [3.05, 3.63) is 120 Å². The third kappa shape index (κ3) is 5.68. The molecule has 1 fully saturated rings. The van der Waals surface area contributed by atoms with Gasteiger partial charge in [-0.05, 0) is 65.0 Å². The number of amides is 1. The quantitative estimate of drug-likeness (QED) is 0.234. The molecule has 3 heterocycles. The van der Waals surface area contributed by atoms with Crippen LogP contribution in [0, 0.1) is 0 Å². The summed E-state index contributed by atoms with van der Waals surface area (Å²) >= 11 is 0. The van der Waals surface area contributed by atoms with Crippen LogP contribution < -0.4 is 4.74 Å². The maximum Gasteiger partial charge on any atom is 0.257 e. The standard InChI is InChI=1S/C36H35N5O2/c1-43-31-17-15-27(16-18-31)34-21-32(29-14-13-25-8-5-6-11-28(25)20-29)39-41(34)35(42)24-40-19-7-12-30(23-40)36-37-22-33(38-36)26-9-3-2-4-10-26/h2-6,8-11,13-18,20,22,30,34H,7,12,19,21,23-24H2,1H3,(H,37,38). The minimum absolute atomic E-state index is 0.0154. The summed E-state index contributed by atoms with van der Waals surface area (Å²) in [5.74, 6) is 2.06. The molecule has 43 heavy (non-hydrogen) atoms. The second-order valence-electron chi connectivity index (χ2n) is 11.5. The molecule has 0 saturated carbocycles. The van der Waals surface area contributed by atoms with Crippen molar-refractivity contribution in [1.29, 1.82) is 0 Å². The zero-order valence-electron chi connectivity index (χ0n) is 24.3. The number of nitrogens with zero attached hydrogens (tertiary/aromatic N) is 4. The fourth-order valence-electron chi connectivity index (χ4n) is 6.36. The number of piperidine rings is 1. The topological polar surface area (TPSA) is 73.8 Å². The van der Waals surface area contributed by atoms with Crippen molar-refractivity contribution < 1.29 is 9.53 Å². The van der Waals surface area contributed by atoms with Crippen LogP contribution in [0.25, 0.3) is 22.0 Å². The molecule has 5 aromatic rings. The molecule has 0 aliphatic carbocycles. The average Bonchev–Trinajstić information content (AvgIpc) is 3.74. The summed E-state index contributed by atoms with van der Waals surface area (Å²) < 4.78 is 5.39. The van der Waals surface area contributed by atoms with Crippen LogP contribution >= 0.6 is 0 Å². The van der Waals surface area contributed by atoms with Crippen LogP contribution in [0.3, 0.4) is 0 Å². The lowest BCUT2D eigenvalue weighted by Gasteiger charge is -2.32. The van der Waals surface area contributed by atoms with E-state index in [-0.39, 0.29) is 17.9 Å². The van der Waals surface area contributed by atoms with Gasteiger partial charge in [-0.15, -0.1) is 0 Å². The number of aromatic amines is 1. The predicted molar refractivity (Wildman–Crippen MR) is 170 cm³/mol. The molecule has 1 aromatic heterocycles. The molecule has 2 unspecified atom stereocenters. The molecule has 7 heteroatoms. The van der Waals surface area contributed by atoms with Gasteiger partial charge in [-0.3, -0.25) is 9.69 Å². The maximum atomic E-state index is 14.0. The van der Waals surface area contributed by atoms with E-state index < -0.39 is 0 Å². The molecule has 2 aliphatic heterocycles. The fraction of sp³-hybridized carbons (Fsp3) is 0.250. The van der Waals surface area contributed by atoms with Crippen molar-refractivity contribution in [1.82, 2.24) is 19.9 Å². The highest BCUT2D eigenvalue weighted by Gasteiger charge is 2.35.